The molecule has 0 saturated carbocycles. The van der Waals surface area contributed by atoms with Crippen molar-refractivity contribution in [2.75, 3.05) is 13.7 Å². The maximum atomic E-state index is 11.1. The number of benzene rings is 1. The van der Waals surface area contributed by atoms with E-state index in [9.17, 15) is 4.79 Å². The van der Waals surface area contributed by atoms with Crippen LogP contribution in [0.3, 0.4) is 0 Å². The molecule has 1 aromatic carbocycles. The van der Waals surface area contributed by atoms with Crippen molar-refractivity contribution in [3.05, 3.63) is 34.9 Å². The lowest BCUT2D eigenvalue weighted by atomic mass is 10.1. The van der Waals surface area contributed by atoms with Crippen molar-refractivity contribution in [1.29, 1.82) is 0 Å². The molecule has 0 spiro atoms. The third kappa shape index (κ3) is 4.00. The van der Waals surface area contributed by atoms with Crippen molar-refractivity contribution in [2.45, 2.75) is 20.5 Å². The van der Waals surface area contributed by atoms with Crippen molar-refractivity contribution in [3.8, 4) is 0 Å². The van der Waals surface area contributed by atoms with Gasteiger partial charge in [-0.15, -0.1) is 0 Å². The van der Waals surface area contributed by atoms with E-state index in [0.717, 1.165) is 5.56 Å². The zero-order chi connectivity index (χ0) is 12.0. The summed E-state index contributed by atoms with van der Waals surface area (Å²) >= 11 is 0. The zero-order valence-corrected chi connectivity index (χ0v) is 9.96. The fraction of sp³-hybridized carbons (Fsp3) is 0.417. The van der Waals surface area contributed by atoms with Gasteiger partial charge in [-0.1, -0.05) is 23.8 Å². The normalized spacial score (nSPS) is 10.2. The Labute approximate surface area is 96.0 Å². The second-order valence-corrected chi connectivity index (χ2v) is 3.72. The summed E-state index contributed by atoms with van der Waals surface area (Å²) in [4.78, 5) is 11.1. The average molecular weight is 222 g/mol. The van der Waals surface area contributed by atoms with Gasteiger partial charge in [-0.2, -0.15) is 0 Å². The highest BCUT2D eigenvalue weighted by Crippen LogP contribution is 2.11. The van der Waals surface area contributed by atoms with Gasteiger partial charge in [0.15, 0.2) is 0 Å². The number of carbonyl (C=O) groups is 1. The highest BCUT2D eigenvalue weighted by atomic mass is 16.5. The van der Waals surface area contributed by atoms with Gasteiger partial charge in [0.05, 0.1) is 6.61 Å². The lowest BCUT2D eigenvalue weighted by Crippen LogP contribution is -2.36. The van der Waals surface area contributed by atoms with Gasteiger partial charge in [-0.25, -0.2) is 5.43 Å². The molecule has 1 rings (SSSR count). The Morgan fingerprint density at radius 2 is 2.12 bits per heavy atom. The lowest BCUT2D eigenvalue weighted by molar-refractivity contribution is -0.126. The molecule has 4 nitrogen and oxygen atoms in total. The summed E-state index contributed by atoms with van der Waals surface area (Å²) in [6, 6.07) is 6.19. The first-order valence-electron chi connectivity index (χ1n) is 5.23. The number of hydrazine groups is 1. The van der Waals surface area contributed by atoms with Crippen molar-refractivity contribution in [3.63, 3.8) is 0 Å². The molecule has 1 amide bonds. The van der Waals surface area contributed by atoms with E-state index in [0.29, 0.717) is 6.61 Å². The minimum atomic E-state index is -0.173. The molecule has 4 heteroatoms. The Hall–Kier alpha value is -1.39. The average Bonchev–Trinajstić information content (AvgIpc) is 2.23. The van der Waals surface area contributed by atoms with E-state index in [1.165, 1.54) is 11.1 Å². The van der Waals surface area contributed by atoms with E-state index in [4.69, 9.17) is 4.74 Å². The van der Waals surface area contributed by atoms with Crippen molar-refractivity contribution in [2.24, 2.45) is 0 Å². The number of aryl methyl sites for hydroxylation is 2. The molecular weight excluding hydrogens is 204 g/mol. The third-order valence-corrected chi connectivity index (χ3v) is 2.26. The van der Waals surface area contributed by atoms with Gasteiger partial charge in [0.25, 0.3) is 5.91 Å². The number of carbonyl (C=O) groups excluding carboxylic acids is 1. The Morgan fingerprint density at radius 1 is 1.38 bits per heavy atom. The summed E-state index contributed by atoms with van der Waals surface area (Å²) in [6.45, 7) is 4.60. The Kier molecular flexibility index (Phi) is 4.95. The first-order chi connectivity index (χ1) is 7.63. The van der Waals surface area contributed by atoms with Gasteiger partial charge < -0.3 is 4.74 Å². The van der Waals surface area contributed by atoms with Crippen molar-refractivity contribution >= 4 is 5.91 Å². The summed E-state index contributed by atoms with van der Waals surface area (Å²) in [5.41, 5.74) is 8.50. The maximum absolute atomic E-state index is 11.1. The molecule has 0 aliphatic heterocycles. The van der Waals surface area contributed by atoms with Gasteiger partial charge in [-0.05, 0) is 25.0 Å². The second kappa shape index (κ2) is 6.25. The maximum Gasteiger partial charge on any atom is 0.260 e. The highest BCUT2D eigenvalue weighted by molar-refractivity contribution is 5.76. The SMILES string of the molecule is CNNC(=O)COCc1cc(C)ccc1C. The van der Waals surface area contributed by atoms with Crippen LogP contribution in [0.1, 0.15) is 16.7 Å². The standard InChI is InChI=1S/C12H18N2O2/c1-9-4-5-10(2)11(6-9)7-16-8-12(15)14-13-3/h4-6,13H,7-8H2,1-3H3,(H,14,15). The first-order valence-corrected chi connectivity index (χ1v) is 5.23. The van der Waals surface area contributed by atoms with Crippen LogP contribution < -0.4 is 10.9 Å². The summed E-state index contributed by atoms with van der Waals surface area (Å²) < 4.78 is 5.32. The molecule has 0 aromatic heterocycles. The minimum Gasteiger partial charge on any atom is -0.367 e. The molecule has 0 bridgehead atoms. The highest BCUT2D eigenvalue weighted by Gasteiger charge is 2.02. The summed E-state index contributed by atoms with van der Waals surface area (Å²) in [5.74, 6) is -0.173. The number of amides is 1. The molecule has 0 atom stereocenters. The topological polar surface area (TPSA) is 50.4 Å². The molecule has 0 saturated heterocycles. The molecule has 2 N–H and O–H groups in total. The van der Waals surface area contributed by atoms with E-state index >= 15 is 0 Å². The van der Waals surface area contributed by atoms with Gasteiger partial charge in [0, 0.05) is 7.05 Å². The summed E-state index contributed by atoms with van der Waals surface area (Å²) in [5, 5.41) is 0. The predicted octanol–water partition coefficient (Wildman–Crippen LogP) is 1.07. The minimum absolute atomic E-state index is 0.0637. The number of ether oxygens (including phenoxy) is 1. The van der Waals surface area contributed by atoms with Crippen LogP contribution in [-0.2, 0) is 16.1 Å². The number of hydrogen-bond donors (Lipinski definition) is 2. The molecule has 0 fully saturated rings. The molecule has 0 heterocycles. The van der Waals surface area contributed by atoms with Crippen LogP contribution in [-0.4, -0.2) is 19.6 Å². The second-order valence-electron chi connectivity index (χ2n) is 3.72. The Morgan fingerprint density at radius 3 is 2.81 bits per heavy atom. The molecule has 16 heavy (non-hydrogen) atoms. The van der Waals surface area contributed by atoms with E-state index in [-0.39, 0.29) is 12.5 Å². The largest absolute Gasteiger partial charge is 0.367 e. The van der Waals surface area contributed by atoms with Crippen LogP contribution in [0.4, 0.5) is 0 Å². The molecule has 1 aromatic rings. The molecule has 88 valence electrons. The predicted molar refractivity (Wildman–Crippen MR) is 62.8 cm³/mol. The molecular formula is C12H18N2O2. The molecule has 0 radical (unpaired) electrons. The fourth-order valence-corrected chi connectivity index (χ4v) is 1.38. The monoisotopic (exact) mass is 222 g/mol. The quantitative estimate of drug-likeness (QED) is 0.733. The first kappa shape index (κ1) is 12.7. The van der Waals surface area contributed by atoms with Crippen LogP contribution in [0.5, 0.6) is 0 Å². The van der Waals surface area contributed by atoms with Gasteiger partial charge in [0.2, 0.25) is 0 Å². The van der Waals surface area contributed by atoms with E-state index < -0.39 is 0 Å². The molecule has 0 unspecified atom stereocenters. The van der Waals surface area contributed by atoms with Gasteiger partial charge in [-0.3, -0.25) is 10.2 Å². The fourth-order valence-electron chi connectivity index (χ4n) is 1.38. The molecule has 0 aliphatic rings. The number of rotatable bonds is 5. The summed E-state index contributed by atoms with van der Waals surface area (Å²) in [7, 11) is 1.64. The lowest BCUT2D eigenvalue weighted by Gasteiger charge is -2.08. The zero-order valence-electron chi connectivity index (χ0n) is 9.96. The van der Waals surface area contributed by atoms with Crippen LogP contribution in [0.25, 0.3) is 0 Å². The van der Waals surface area contributed by atoms with E-state index in [1.807, 2.05) is 13.8 Å². The third-order valence-electron chi connectivity index (χ3n) is 2.26. The van der Waals surface area contributed by atoms with Crippen molar-refractivity contribution < 1.29 is 9.53 Å². The van der Waals surface area contributed by atoms with Crippen molar-refractivity contribution in [1.82, 2.24) is 10.9 Å². The number of nitrogens with one attached hydrogen (secondary N) is 2. The van der Waals surface area contributed by atoms with E-state index in [2.05, 4.69) is 29.1 Å². The van der Waals surface area contributed by atoms with Crippen LogP contribution in [0, 0.1) is 13.8 Å². The smallest absolute Gasteiger partial charge is 0.260 e. The Bertz CT molecular complexity index is 364. The molecule has 0 aliphatic carbocycles. The van der Waals surface area contributed by atoms with Crippen LogP contribution >= 0.6 is 0 Å². The number of hydrogen-bond acceptors (Lipinski definition) is 3. The Balaban J connectivity index is 2.42. The summed E-state index contributed by atoms with van der Waals surface area (Å²) in [6.07, 6.45) is 0. The van der Waals surface area contributed by atoms with Gasteiger partial charge in [0.1, 0.15) is 6.61 Å². The van der Waals surface area contributed by atoms with E-state index in [1.54, 1.807) is 7.05 Å². The van der Waals surface area contributed by atoms with Crippen LogP contribution in [0.2, 0.25) is 0 Å². The van der Waals surface area contributed by atoms with Crippen LogP contribution in [0.15, 0.2) is 18.2 Å². The van der Waals surface area contributed by atoms with Gasteiger partial charge >= 0.3 is 0 Å².